The van der Waals surface area contributed by atoms with Crippen molar-refractivity contribution in [2.75, 3.05) is 14.1 Å². The van der Waals surface area contributed by atoms with Crippen LogP contribution >= 0.6 is 0 Å². The average Bonchev–Trinajstić information content (AvgIpc) is 1.93. The number of nitrogens with zero attached hydrogens (tertiary/aromatic N) is 1. The van der Waals surface area contributed by atoms with Crippen LogP contribution in [-0.2, 0) is 0 Å². The molecule has 0 unspecified atom stereocenters. The summed E-state index contributed by atoms with van der Waals surface area (Å²) in [6.45, 7) is 11.8. The van der Waals surface area contributed by atoms with Crippen LogP contribution in [-0.4, -0.2) is 19.0 Å². The molecule has 0 rings (SSSR count). The van der Waals surface area contributed by atoms with Gasteiger partial charge in [0.2, 0.25) is 0 Å². The first-order chi connectivity index (χ1) is 4.68. The Labute approximate surface area is 64.4 Å². The van der Waals surface area contributed by atoms with Gasteiger partial charge < -0.3 is 4.90 Å². The van der Waals surface area contributed by atoms with Crippen LogP contribution in [0.1, 0.15) is 6.92 Å². The number of hydrogen-bond donors (Lipinski definition) is 0. The van der Waals surface area contributed by atoms with Crippen molar-refractivity contribution < 1.29 is 0 Å². The highest BCUT2D eigenvalue weighted by molar-refractivity contribution is 5.10. The van der Waals surface area contributed by atoms with Crippen LogP contribution < -0.4 is 0 Å². The molecule has 0 radical (unpaired) electrons. The zero-order valence-electron chi connectivity index (χ0n) is 7.22. The highest BCUT2D eigenvalue weighted by Gasteiger charge is 1.84. The second-order valence-corrected chi connectivity index (χ2v) is 1.89. The van der Waals surface area contributed by atoms with E-state index in [4.69, 9.17) is 0 Å². The van der Waals surface area contributed by atoms with E-state index in [0.29, 0.717) is 0 Å². The van der Waals surface area contributed by atoms with Crippen molar-refractivity contribution in [1.82, 2.24) is 4.90 Å². The van der Waals surface area contributed by atoms with Gasteiger partial charge in [0, 0.05) is 19.8 Å². The molecule has 0 aliphatic rings. The SMILES string of the molecule is C=C.C=C(/C=C\C)N(C)C. The number of hydrogen-bond acceptors (Lipinski definition) is 1. The summed E-state index contributed by atoms with van der Waals surface area (Å²) in [5.74, 6) is 0. The van der Waals surface area contributed by atoms with Crippen molar-refractivity contribution in [1.29, 1.82) is 0 Å². The van der Waals surface area contributed by atoms with Crippen molar-refractivity contribution in [2.24, 2.45) is 0 Å². The number of rotatable bonds is 2. The molecule has 1 nitrogen and oxygen atoms in total. The third-order valence-electron chi connectivity index (χ3n) is 0.933. The predicted octanol–water partition coefficient (Wildman–Crippen LogP) is 2.44. The number of likely N-dealkylation sites (N-methyl/N-ethyl adjacent to an activating group) is 1. The Morgan fingerprint density at radius 1 is 1.30 bits per heavy atom. The van der Waals surface area contributed by atoms with E-state index in [0.717, 1.165) is 5.70 Å². The van der Waals surface area contributed by atoms with Gasteiger partial charge in [-0.15, -0.1) is 13.2 Å². The Hall–Kier alpha value is -0.980. The summed E-state index contributed by atoms with van der Waals surface area (Å²) in [4.78, 5) is 1.97. The maximum absolute atomic E-state index is 3.78. The molecule has 0 heterocycles. The summed E-state index contributed by atoms with van der Waals surface area (Å²) < 4.78 is 0. The van der Waals surface area contributed by atoms with Gasteiger partial charge in [-0.25, -0.2) is 0 Å². The van der Waals surface area contributed by atoms with Gasteiger partial charge in [-0.3, -0.25) is 0 Å². The largest absolute Gasteiger partial charge is 0.378 e. The molecule has 0 saturated carbocycles. The summed E-state index contributed by atoms with van der Waals surface area (Å²) in [5.41, 5.74) is 1.03. The van der Waals surface area contributed by atoms with E-state index in [2.05, 4.69) is 19.7 Å². The Kier molecular flexibility index (Phi) is 9.44. The Morgan fingerprint density at radius 2 is 1.70 bits per heavy atom. The van der Waals surface area contributed by atoms with Gasteiger partial charge in [0.15, 0.2) is 0 Å². The Bertz CT molecular complexity index is 112. The smallest absolute Gasteiger partial charge is 0.0284 e. The third kappa shape index (κ3) is 7.02. The first-order valence-corrected chi connectivity index (χ1v) is 3.17. The quantitative estimate of drug-likeness (QED) is 0.419. The fourth-order valence-corrected chi connectivity index (χ4v) is 0.341. The number of allylic oxidation sites excluding steroid dienone is 2. The first kappa shape index (κ1) is 11.8. The van der Waals surface area contributed by atoms with Crippen molar-refractivity contribution >= 4 is 0 Å². The summed E-state index contributed by atoms with van der Waals surface area (Å²) in [5, 5.41) is 0. The molecule has 58 valence electrons. The minimum absolute atomic E-state index is 1.03. The lowest BCUT2D eigenvalue weighted by Gasteiger charge is -2.10. The summed E-state index contributed by atoms with van der Waals surface area (Å²) >= 11 is 0. The third-order valence-corrected chi connectivity index (χ3v) is 0.933. The maximum Gasteiger partial charge on any atom is 0.0284 e. The monoisotopic (exact) mass is 139 g/mol. The van der Waals surface area contributed by atoms with Gasteiger partial charge in [-0.05, 0) is 13.0 Å². The summed E-state index contributed by atoms with van der Waals surface area (Å²) in [7, 11) is 3.95. The summed E-state index contributed by atoms with van der Waals surface area (Å²) in [6, 6.07) is 0. The topological polar surface area (TPSA) is 3.24 Å². The molecular formula is C9H17N. The van der Waals surface area contributed by atoms with Crippen LogP contribution in [0.3, 0.4) is 0 Å². The van der Waals surface area contributed by atoms with E-state index < -0.39 is 0 Å². The van der Waals surface area contributed by atoms with Crippen LogP contribution in [0.25, 0.3) is 0 Å². The van der Waals surface area contributed by atoms with Gasteiger partial charge in [-0.1, -0.05) is 12.7 Å². The van der Waals surface area contributed by atoms with Crippen molar-refractivity contribution in [3.63, 3.8) is 0 Å². The lowest BCUT2D eigenvalue weighted by Crippen LogP contribution is -2.07. The highest BCUT2D eigenvalue weighted by Crippen LogP contribution is 1.93. The van der Waals surface area contributed by atoms with E-state index >= 15 is 0 Å². The molecule has 0 aliphatic carbocycles. The van der Waals surface area contributed by atoms with Crippen LogP contribution in [0, 0.1) is 0 Å². The molecule has 0 atom stereocenters. The molecule has 0 saturated heterocycles. The zero-order valence-corrected chi connectivity index (χ0v) is 7.22. The van der Waals surface area contributed by atoms with Gasteiger partial charge in [0.05, 0.1) is 0 Å². The van der Waals surface area contributed by atoms with E-state index in [1.54, 1.807) is 0 Å². The fourth-order valence-electron chi connectivity index (χ4n) is 0.341. The van der Waals surface area contributed by atoms with Crippen molar-refractivity contribution in [3.8, 4) is 0 Å². The van der Waals surface area contributed by atoms with E-state index in [1.165, 1.54) is 0 Å². The van der Waals surface area contributed by atoms with Crippen LogP contribution in [0.2, 0.25) is 0 Å². The van der Waals surface area contributed by atoms with E-state index in [-0.39, 0.29) is 0 Å². The van der Waals surface area contributed by atoms with Gasteiger partial charge in [-0.2, -0.15) is 0 Å². The molecule has 0 aromatic heterocycles. The second-order valence-electron chi connectivity index (χ2n) is 1.89. The Morgan fingerprint density at radius 3 is 1.80 bits per heavy atom. The van der Waals surface area contributed by atoms with Gasteiger partial charge >= 0.3 is 0 Å². The molecule has 0 fully saturated rings. The average molecular weight is 139 g/mol. The van der Waals surface area contributed by atoms with Crippen molar-refractivity contribution in [2.45, 2.75) is 6.92 Å². The standard InChI is InChI=1S/C7H13N.C2H4/c1-5-6-7(2)8(3)4;1-2/h5-6H,2H2,1,3-4H3;1-2H2/b6-5-;. The lowest BCUT2D eigenvalue weighted by atomic mass is 10.4. The molecule has 0 spiro atoms. The zero-order chi connectivity index (χ0) is 8.57. The van der Waals surface area contributed by atoms with Crippen LogP contribution in [0.5, 0.6) is 0 Å². The molecule has 0 bridgehead atoms. The fraction of sp³-hybridized carbons (Fsp3) is 0.333. The molecule has 0 N–H and O–H groups in total. The molecular weight excluding hydrogens is 122 g/mol. The van der Waals surface area contributed by atoms with Gasteiger partial charge in [0.1, 0.15) is 0 Å². The second kappa shape index (κ2) is 8.02. The Balaban J connectivity index is 0. The molecule has 0 amide bonds. The van der Waals surface area contributed by atoms with Crippen LogP contribution in [0.4, 0.5) is 0 Å². The van der Waals surface area contributed by atoms with E-state index in [9.17, 15) is 0 Å². The lowest BCUT2D eigenvalue weighted by molar-refractivity contribution is 0.532. The van der Waals surface area contributed by atoms with Crippen molar-refractivity contribution in [3.05, 3.63) is 37.6 Å². The molecule has 1 heteroatoms. The summed E-state index contributed by atoms with van der Waals surface area (Å²) in [6.07, 6.45) is 3.95. The minimum Gasteiger partial charge on any atom is -0.378 e. The molecule has 0 aromatic rings. The van der Waals surface area contributed by atoms with Crippen LogP contribution in [0.15, 0.2) is 37.6 Å². The molecule has 10 heavy (non-hydrogen) atoms. The minimum atomic E-state index is 1.03. The highest BCUT2D eigenvalue weighted by atomic mass is 15.1. The predicted molar refractivity (Wildman–Crippen MR) is 48.9 cm³/mol. The maximum atomic E-state index is 3.78. The normalized spacial score (nSPS) is 8.30. The van der Waals surface area contributed by atoms with Gasteiger partial charge in [0.25, 0.3) is 0 Å². The molecule has 0 aromatic carbocycles. The first-order valence-electron chi connectivity index (χ1n) is 3.17. The van der Waals surface area contributed by atoms with E-state index in [1.807, 2.05) is 38.1 Å². The molecule has 0 aliphatic heterocycles.